The average molecular weight is 280 g/mol. The molecule has 0 amide bonds. The van der Waals surface area contributed by atoms with Crippen LogP contribution in [0.4, 0.5) is 24.7 Å². The lowest BCUT2D eigenvalue weighted by atomic mass is 9.78. The highest BCUT2D eigenvalue weighted by molar-refractivity contribution is 5.73. The van der Waals surface area contributed by atoms with Gasteiger partial charge in [0.2, 0.25) is 0 Å². The van der Waals surface area contributed by atoms with Gasteiger partial charge in [-0.25, -0.2) is 18.2 Å². The van der Waals surface area contributed by atoms with Crippen molar-refractivity contribution in [2.75, 3.05) is 5.32 Å². The van der Waals surface area contributed by atoms with Crippen LogP contribution in [0, 0.1) is 5.82 Å². The number of hydrogen-bond acceptors (Lipinski definition) is 3. The molecule has 1 aliphatic heterocycles. The van der Waals surface area contributed by atoms with Gasteiger partial charge in [0, 0.05) is 29.9 Å². The summed E-state index contributed by atoms with van der Waals surface area (Å²) in [7, 11) is 0. The normalized spacial score (nSPS) is 20.9. The molecule has 0 radical (unpaired) electrons. The van der Waals surface area contributed by atoms with E-state index in [0.29, 0.717) is 6.92 Å². The number of aromatic nitrogens is 1. The molecule has 2 heterocycles. The van der Waals surface area contributed by atoms with Crippen LogP contribution in [-0.2, 0) is 5.60 Å². The molecule has 3 rings (SSSR count). The van der Waals surface area contributed by atoms with Gasteiger partial charge in [-0.15, -0.1) is 0 Å². The summed E-state index contributed by atoms with van der Waals surface area (Å²) in [5, 5.41) is 13.5. The molecule has 1 aromatic carbocycles. The van der Waals surface area contributed by atoms with Crippen LogP contribution in [0.25, 0.3) is 0 Å². The molecular weight excluding hydrogens is 269 g/mol. The lowest BCUT2D eigenvalue weighted by Crippen LogP contribution is -2.46. The summed E-state index contributed by atoms with van der Waals surface area (Å²) < 4.78 is 41.5. The van der Waals surface area contributed by atoms with Crippen LogP contribution in [-0.4, -0.2) is 16.0 Å². The minimum atomic E-state index is -3.50. The second-order valence-corrected chi connectivity index (χ2v) is 4.81. The molecule has 2 aromatic rings. The van der Waals surface area contributed by atoms with E-state index < -0.39 is 17.3 Å². The van der Waals surface area contributed by atoms with Crippen LogP contribution >= 0.6 is 0 Å². The second-order valence-electron chi connectivity index (χ2n) is 4.81. The number of hydrogen-bond donors (Lipinski definition) is 2. The molecule has 3 nitrogen and oxygen atoms in total. The Kier molecular flexibility index (Phi) is 2.56. The van der Waals surface area contributed by atoms with E-state index >= 15 is 0 Å². The summed E-state index contributed by atoms with van der Waals surface area (Å²) in [6.07, 6.45) is 1.43. The van der Waals surface area contributed by atoms with Crippen molar-refractivity contribution >= 4 is 11.5 Å². The zero-order valence-corrected chi connectivity index (χ0v) is 10.5. The number of anilines is 2. The van der Waals surface area contributed by atoms with Crippen LogP contribution in [0.1, 0.15) is 18.1 Å². The number of benzene rings is 1. The molecule has 2 N–H and O–H groups in total. The van der Waals surface area contributed by atoms with Crippen molar-refractivity contribution in [1.29, 1.82) is 0 Å². The van der Waals surface area contributed by atoms with Crippen molar-refractivity contribution in [3.8, 4) is 0 Å². The number of nitrogens with one attached hydrogen (secondary N) is 1. The van der Waals surface area contributed by atoms with E-state index in [1.165, 1.54) is 24.4 Å². The third-order valence-electron chi connectivity index (χ3n) is 3.46. The molecular formula is C14H11F3N2O. The van der Waals surface area contributed by atoms with Gasteiger partial charge < -0.3 is 10.4 Å². The predicted molar refractivity (Wildman–Crippen MR) is 67.5 cm³/mol. The smallest absolute Gasteiger partial charge is 0.282 e. The van der Waals surface area contributed by atoms with E-state index in [9.17, 15) is 18.3 Å². The van der Waals surface area contributed by atoms with Crippen LogP contribution in [0.5, 0.6) is 0 Å². The average Bonchev–Trinajstić information content (AvgIpc) is 2.39. The topological polar surface area (TPSA) is 45.1 Å². The Labute approximate surface area is 113 Å². The third kappa shape index (κ3) is 1.61. The maximum atomic E-state index is 14.1. The molecule has 0 spiro atoms. The first kappa shape index (κ1) is 12.9. The van der Waals surface area contributed by atoms with E-state index in [1.807, 2.05) is 0 Å². The highest BCUT2D eigenvalue weighted by atomic mass is 19.3. The number of nitrogens with zero attached hydrogens (tertiary/aromatic N) is 1. The van der Waals surface area contributed by atoms with E-state index in [-0.39, 0.29) is 22.6 Å². The quantitative estimate of drug-likeness (QED) is 0.843. The van der Waals surface area contributed by atoms with Gasteiger partial charge in [0.25, 0.3) is 5.92 Å². The fourth-order valence-electron chi connectivity index (χ4n) is 2.47. The molecule has 6 heteroatoms. The van der Waals surface area contributed by atoms with Gasteiger partial charge in [-0.1, -0.05) is 6.07 Å². The second kappa shape index (κ2) is 3.96. The summed E-state index contributed by atoms with van der Waals surface area (Å²) in [5.41, 5.74) is -2.70. The molecule has 1 atom stereocenters. The lowest BCUT2D eigenvalue weighted by Gasteiger charge is -2.39. The molecule has 0 aliphatic carbocycles. The molecule has 1 aromatic heterocycles. The van der Waals surface area contributed by atoms with Crippen LogP contribution < -0.4 is 5.32 Å². The van der Waals surface area contributed by atoms with Gasteiger partial charge in [-0.05, 0) is 24.3 Å². The first-order valence-electron chi connectivity index (χ1n) is 5.97. The fraction of sp³-hybridized carbons (Fsp3) is 0.214. The molecule has 0 saturated heterocycles. The summed E-state index contributed by atoms with van der Waals surface area (Å²) in [5.74, 6) is -4.06. The third-order valence-corrected chi connectivity index (χ3v) is 3.46. The fourth-order valence-corrected chi connectivity index (χ4v) is 2.47. The van der Waals surface area contributed by atoms with E-state index in [1.54, 1.807) is 0 Å². The van der Waals surface area contributed by atoms with Crippen molar-refractivity contribution in [2.45, 2.75) is 18.4 Å². The van der Waals surface area contributed by atoms with Crippen molar-refractivity contribution in [3.05, 3.63) is 53.5 Å². The van der Waals surface area contributed by atoms with Gasteiger partial charge in [0.1, 0.15) is 11.6 Å². The first-order valence-corrected chi connectivity index (χ1v) is 5.97. The van der Waals surface area contributed by atoms with Crippen LogP contribution in [0.3, 0.4) is 0 Å². The van der Waals surface area contributed by atoms with E-state index in [0.717, 1.165) is 12.1 Å². The molecule has 1 unspecified atom stereocenters. The van der Waals surface area contributed by atoms with Gasteiger partial charge in [0.05, 0.1) is 0 Å². The Bertz CT molecular complexity index is 684. The SMILES string of the molecule is CC(F)(F)C1(O)c2cc(F)ccc2Nc2ncccc21. The maximum absolute atomic E-state index is 14.1. The largest absolute Gasteiger partial charge is 0.374 e. The Balaban J connectivity index is 2.36. The number of halogens is 3. The number of rotatable bonds is 1. The van der Waals surface area contributed by atoms with Crippen molar-refractivity contribution in [3.63, 3.8) is 0 Å². The Morgan fingerprint density at radius 2 is 2.00 bits per heavy atom. The zero-order chi connectivity index (χ0) is 14.5. The molecule has 1 aliphatic rings. The van der Waals surface area contributed by atoms with Gasteiger partial charge >= 0.3 is 0 Å². The van der Waals surface area contributed by atoms with Crippen molar-refractivity contribution in [1.82, 2.24) is 4.98 Å². The standard InChI is InChI=1S/C14H11F3N2O/c1-13(16,17)14(20)9-3-2-6-18-12(9)19-11-5-4-8(15)7-10(11)14/h2-7,20H,1H3,(H,18,19). The zero-order valence-electron chi connectivity index (χ0n) is 10.5. The van der Waals surface area contributed by atoms with Crippen molar-refractivity contribution in [2.24, 2.45) is 0 Å². The minimum absolute atomic E-state index is 0.0781. The van der Waals surface area contributed by atoms with Crippen molar-refractivity contribution < 1.29 is 18.3 Å². The van der Waals surface area contributed by atoms with Gasteiger partial charge in [0.15, 0.2) is 5.60 Å². The molecule has 0 saturated carbocycles. The molecule has 0 fully saturated rings. The van der Waals surface area contributed by atoms with Crippen LogP contribution in [0.15, 0.2) is 36.5 Å². The first-order chi connectivity index (χ1) is 9.34. The number of fused-ring (bicyclic) bond motifs is 2. The summed E-state index contributed by atoms with van der Waals surface area (Å²) in [6, 6.07) is 6.14. The number of pyridine rings is 1. The summed E-state index contributed by atoms with van der Waals surface area (Å²) in [6.45, 7) is 0.601. The highest BCUT2D eigenvalue weighted by Gasteiger charge is 2.55. The lowest BCUT2D eigenvalue weighted by molar-refractivity contribution is -0.151. The van der Waals surface area contributed by atoms with Gasteiger partial charge in [-0.3, -0.25) is 0 Å². The highest BCUT2D eigenvalue weighted by Crippen LogP contribution is 2.50. The van der Waals surface area contributed by atoms with E-state index in [2.05, 4.69) is 10.3 Å². The summed E-state index contributed by atoms with van der Waals surface area (Å²) in [4.78, 5) is 3.95. The number of aliphatic hydroxyl groups is 1. The molecule has 0 bridgehead atoms. The van der Waals surface area contributed by atoms with Gasteiger partial charge in [-0.2, -0.15) is 0 Å². The Morgan fingerprint density at radius 3 is 2.70 bits per heavy atom. The molecule has 104 valence electrons. The predicted octanol–water partition coefficient (Wildman–Crippen LogP) is 3.17. The number of alkyl halides is 2. The minimum Gasteiger partial charge on any atom is -0.374 e. The Morgan fingerprint density at radius 1 is 1.25 bits per heavy atom. The molecule has 20 heavy (non-hydrogen) atoms. The van der Waals surface area contributed by atoms with E-state index in [4.69, 9.17) is 0 Å². The monoisotopic (exact) mass is 280 g/mol. The Hall–Kier alpha value is -2.08. The maximum Gasteiger partial charge on any atom is 0.282 e. The summed E-state index contributed by atoms with van der Waals surface area (Å²) >= 11 is 0. The van der Waals surface area contributed by atoms with Crippen LogP contribution in [0.2, 0.25) is 0 Å².